The van der Waals surface area contributed by atoms with Crippen LogP contribution < -0.4 is 15.9 Å². The quantitative estimate of drug-likeness (QED) is 0.306. The van der Waals surface area contributed by atoms with Crippen molar-refractivity contribution in [3.63, 3.8) is 0 Å². The SMILES string of the molecule is ClC(c1ccccc1)[PH](c1ccccc1)(c1ccccc1)c1ccccc1. The van der Waals surface area contributed by atoms with Gasteiger partial charge in [-0.3, -0.25) is 0 Å². The molecule has 0 spiro atoms. The van der Waals surface area contributed by atoms with E-state index < -0.39 is 7.26 Å². The van der Waals surface area contributed by atoms with Crippen molar-refractivity contribution in [3.05, 3.63) is 127 Å². The van der Waals surface area contributed by atoms with E-state index in [0.29, 0.717) is 0 Å². The Bertz CT molecular complexity index is 873. The molecule has 134 valence electrons. The van der Waals surface area contributed by atoms with E-state index in [1.165, 1.54) is 21.5 Å². The van der Waals surface area contributed by atoms with Gasteiger partial charge >= 0.3 is 167 Å². The van der Waals surface area contributed by atoms with Gasteiger partial charge in [-0.2, -0.15) is 0 Å². The Morgan fingerprint density at radius 3 is 1.07 bits per heavy atom. The van der Waals surface area contributed by atoms with Crippen LogP contribution in [-0.2, 0) is 0 Å². The Hall–Kier alpha value is -2.40. The third kappa shape index (κ3) is 3.32. The van der Waals surface area contributed by atoms with Crippen LogP contribution in [0.1, 0.15) is 10.7 Å². The van der Waals surface area contributed by atoms with E-state index in [9.17, 15) is 0 Å². The van der Waals surface area contributed by atoms with Crippen LogP contribution in [0.2, 0.25) is 0 Å². The maximum absolute atomic E-state index is 7.39. The summed E-state index contributed by atoms with van der Waals surface area (Å²) < 4.78 is 0. The molecule has 27 heavy (non-hydrogen) atoms. The number of rotatable bonds is 5. The molecule has 0 aliphatic rings. The van der Waals surface area contributed by atoms with Crippen LogP contribution in [0.4, 0.5) is 0 Å². The molecule has 0 aliphatic carbocycles. The van der Waals surface area contributed by atoms with Crippen LogP contribution in [0.15, 0.2) is 121 Å². The number of benzene rings is 4. The third-order valence-corrected chi connectivity index (χ3v) is 11.2. The summed E-state index contributed by atoms with van der Waals surface area (Å²) in [6.45, 7) is 0. The summed E-state index contributed by atoms with van der Waals surface area (Å²) >= 11 is 7.39. The molecule has 0 heterocycles. The molecule has 0 N–H and O–H groups in total. The summed E-state index contributed by atoms with van der Waals surface area (Å²) in [5.41, 5.74) is 1.17. The van der Waals surface area contributed by atoms with Crippen LogP contribution in [-0.4, -0.2) is 0 Å². The monoisotopic (exact) mass is 388 g/mol. The maximum atomic E-state index is 7.39. The minimum absolute atomic E-state index is 0.120. The topological polar surface area (TPSA) is 0 Å². The second-order valence-corrected chi connectivity index (χ2v) is 11.4. The molecule has 0 saturated heterocycles. The molecule has 4 rings (SSSR count). The number of halogens is 1. The zero-order valence-electron chi connectivity index (χ0n) is 15.0. The average molecular weight is 389 g/mol. The van der Waals surface area contributed by atoms with Crippen LogP contribution in [0, 0.1) is 0 Å². The fourth-order valence-electron chi connectivity index (χ4n) is 3.91. The Labute approximate surface area is 166 Å². The summed E-state index contributed by atoms with van der Waals surface area (Å²) in [7, 11) is -2.50. The standard InChI is InChI=1S/C25H22ClP/c26-25(21-13-5-1-6-14-21)27(22-15-7-2-8-16-22,23-17-9-3-10-18-23)24-19-11-4-12-20-24/h1-20,25,27H. The van der Waals surface area contributed by atoms with Crippen LogP contribution in [0.5, 0.6) is 0 Å². The van der Waals surface area contributed by atoms with Crippen LogP contribution in [0.3, 0.4) is 0 Å². The van der Waals surface area contributed by atoms with Gasteiger partial charge in [0.15, 0.2) is 0 Å². The van der Waals surface area contributed by atoms with E-state index in [0.717, 1.165) is 0 Å². The van der Waals surface area contributed by atoms with Crippen molar-refractivity contribution in [1.29, 1.82) is 0 Å². The predicted molar refractivity (Wildman–Crippen MR) is 122 cm³/mol. The molecule has 0 aromatic heterocycles. The predicted octanol–water partition coefficient (Wildman–Crippen LogP) is 5.65. The van der Waals surface area contributed by atoms with Gasteiger partial charge in [0.2, 0.25) is 0 Å². The number of hydrogen-bond acceptors (Lipinski definition) is 0. The zero-order chi connectivity index (χ0) is 18.5. The fourth-order valence-corrected chi connectivity index (χ4v) is 9.92. The van der Waals surface area contributed by atoms with Gasteiger partial charge in [-0.05, 0) is 0 Å². The second-order valence-electron chi connectivity index (χ2n) is 6.68. The molecule has 0 nitrogen and oxygen atoms in total. The van der Waals surface area contributed by atoms with Gasteiger partial charge in [0.1, 0.15) is 0 Å². The van der Waals surface area contributed by atoms with Crippen molar-refractivity contribution in [2.45, 2.75) is 5.12 Å². The first kappa shape index (κ1) is 18.0. The number of alkyl halides is 1. The van der Waals surface area contributed by atoms with Crippen molar-refractivity contribution < 1.29 is 0 Å². The molecule has 0 amide bonds. The summed E-state index contributed by atoms with van der Waals surface area (Å²) in [6.07, 6.45) is 0. The van der Waals surface area contributed by atoms with Crippen molar-refractivity contribution in [2.75, 3.05) is 0 Å². The van der Waals surface area contributed by atoms with Gasteiger partial charge in [-0.25, -0.2) is 0 Å². The molecule has 0 bridgehead atoms. The summed E-state index contributed by atoms with van der Waals surface area (Å²) in [4.78, 5) is 0. The first-order valence-corrected chi connectivity index (χ1v) is 11.7. The molecule has 4 aromatic rings. The molecule has 0 saturated carbocycles. The Kier molecular flexibility index (Phi) is 5.39. The van der Waals surface area contributed by atoms with E-state index in [1.54, 1.807) is 0 Å². The van der Waals surface area contributed by atoms with Crippen molar-refractivity contribution in [1.82, 2.24) is 0 Å². The van der Waals surface area contributed by atoms with Gasteiger partial charge in [-0.1, -0.05) is 0 Å². The normalized spacial score (nSPS) is 13.1. The molecule has 1 unspecified atom stereocenters. The molecule has 0 aliphatic heterocycles. The Balaban J connectivity index is 2.07. The van der Waals surface area contributed by atoms with Gasteiger partial charge in [0.05, 0.1) is 0 Å². The van der Waals surface area contributed by atoms with Gasteiger partial charge < -0.3 is 0 Å². The molecular formula is C25H22ClP. The van der Waals surface area contributed by atoms with E-state index in [-0.39, 0.29) is 5.12 Å². The summed E-state index contributed by atoms with van der Waals surface area (Å²) in [5, 5.41) is 3.86. The second kappa shape index (κ2) is 8.09. The first-order valence-electron chi connectivity index (χ1n) is 9.19. The van der Waals surface area contributed by atoms with Crippen LogP contribution >= 0.6 is 18.9 Å². The van der Waals surface area contributed by atoms with Gasteiger partial charge in [-0.15, -0.1) is 0 Å². The molecule has 0 radical (unpaired) electrons. The van der Waals surface area contributed by atoms with Gasteiger partial charge in [0.25, 0.3) is 0 Å². The number of hydrogen-bond donors (Lipinski definition) is 0. The van der Waals surface area contributed by atoms with Crippen molar-refractivity contribution in [2.24, 2.45) is 0 Å². The van der Waals surface area contributed by atoms with Crippen molar-refractivity contribution >= 4 is 34.8 Å². The van der Waals surface area contributed by atoms with Gasteiger partial charge in [0, 0.05) is 0 Å². The zero-order valence-corrected chi connectivity index (χ0v) is 16.8. The minimum atomic E-state index is -2.50. The Morgan fingerprint density at radius 2 is 0.741 bits per heavy atom. The molecular weight excluding hydrogens is 367 g/mol. The fraction of sp³-hybridized carbons (Fsp3) is 0.0400. The van der Waals surface area contributed by atoms with E-state index in [4.69, 9.17) is 11.6 Å². The van der Waals surface area contributed by atoms with E-state index >= 15 is 0 Å². The molecule has 1 atom stereocenters. The summed E-state index contributed by atoms with van der Waals surface area (Å²) in [5.74, 6) is 0. The molecule has 4 aromatic carbocycles. The molecule has 0 fully saturated rings. The third-order valence-electron chi connectivity index (χ3n) is 5.16. The first-order chi connectivity index (χ1) is 13.3. The average Bonchev–Trinajstić information content (AvgIpc) is 2.77. The van der Waals surface area contributed by atoms with Crippen molar-refractivity contribution in [3.8, 4) is 0 Å². The van der Waals surface area contributed by atoms with Crippen LogP contribution in [0.25, 0.3) is 0 Å². The molecule has 2 heteroatoms. The Morgan fingerprint density at radius 1 is 0.444 bits per heavy atom. The van der Waals surface area contributed by atoms with E-state index in [1.807, 2.05) is 6.07 Å². The summed E-state index contributed by atoms with van der Waals surface area (Å²) in [6, 6.07) is 42.9. The van der Waals surface area contributed by atoms with E-state index in [2.05, 4.69) is 115 Å².